The Bertz CT molecular complexity index is 358. The number of thioether (sulfide) groups is 1. The van der Waals surface area contributed by atoms with Crippen molar-refractivity contribution in [2.75, 3.05) is 26.0 Å². The molecule has 2 nitrogen and oxygen atoms in total. The zero-order valence-corrected chi connectivity index (χ0v) is 13.7. The summed E-state index contributed by atoms with van der Waals surface area (Å²) in [5, 5.41) is 3.46. The third kappa shape index (κ3) is 6.23. The Kier molecular flexibility index (Phi) is 7.98. The van der Waals surface area contributed by atoms with Crippen LogP contribution in [0.2, 0.25) is 0 Å². The minimum absolute atomic E-state index is 0.688. The first-order chi connectivity index (χ1) is 8.63. The summed E-state index contributed by atoms with van der Waals surface area (Å²) in [5.41, 5.74) is 1.31. The van der Waals surface area contributed by atoms with Gasteiger partial charge in [0, 0.05) is 28.8 Å². The van der Waals surface area contributed by atoms with Gasteiger partial charge in [0.1, 0.15) is 0 Å². The first-order valence-electron chi connectivity index (χ1n) is 6.24. The van der Waals surface area contributed by atoms with Crippen LogP contribution < -0.4 is 5.32 Å². The molecule has 1 rings (SSSR count). The maximum atomic E-state index is 5.05. The maximum Gasteiger partial charge on any atom is 0.0556 e. The van der Waals surface area contributed by atoms with Crippen LogP contribution in [0.5, 0.6) is 0 Å². The minimum atomic E-state index is 0.688. The molecule has 0 heterocycles. The summed E-state index contributed by atoms with van der Waals surface area (Å²) < 4.78 is 6.23. The van der Waals surface area contributed by atoms with E-state index in [1.165, 1.54) is 14.9 Å². The molecule has 1 aromatic rings. The van der Waals surface area contributed by atoms with Crippen LogP contribution in [0, 0.1) is 5.92 Å². The third-order valence-corrected chi connectivity index (χ3v) is 4.15. The number of halogens is 1. The fourth-order valence-electron chi connectivity index (χ4n) is 1.50. The first-order valence-corrected chi connectivity index (χ1v) is 8.02. The molecule has 0 fully saturated rings. The van der Waals surface area contributed by atoms with Crippen LogP contribution >= 0.6 is 27.7 Å². The lowest BCUT2D eigenvalue weighted by Gasteiger charge is -2.10. The van der Waals surface area contributed by atoms with Gasteiger partial charge in [0.15, 0.2) is 0 Å². The summed E-state index contributed by atoms with van der Waals surface area (Å²) in [6.45, 7) is 7.20. The van der Waals surface area contributed by atoms with Crippen LogP contribution in [-0.4, -0.2) is 26.0 Å². The molecule has 0 unspecified atom stereocenters. The molecular weight excluding hydrogens is 310 g/mol. The molecule has 0 radical (unpaired) electrons. The number of methoxy groups -OCH3 is 1. The fourth-order valence-corrected chi connectivity index (χ4v) is 3.02. The molecule has 0 amide bonds. The van der Waals surface area contributed by atoms with Gasteiger partial charge in [-0.2, -0.15) is 0 Å². The van der Waals surface area contributed by atoms with Crippen LogP contribution in [0.15, 0.2) is 27.6 Å². The second-order valence-electron chi connectivity index (χ2n) is 4.62. The van der Waals surface area contributed by atoms with Crippen molar-refractivity contribution in [3.05, 3.63) is 28.2 Å². The molecule has 1 N–H and O–H groups in total. The van der Waals surface area contributed by atoms with Crippen molar-refractivity contribution in [1.29, 1.82) is 0 Å². The van der Waals surface area contributed by atoms with Gasteiger partial charge < -0.3 is 10.1 Å². The topological polar surface area (TPSA) is 21.3 Å². The molecule has 0 aromatic heterocycles. The highest BCUT2D eigenvalue weighted by Gasteiger charge is 2.02. The molecule has 0 aliphatic heterocycles. The average molecular weight is 332 g/mol. The van der Waals surface area contributed by atoms with Gasteiger partial charge in [-0.1, -0.05) is 35.8 Å². The molecule has 0 atom stereocenters. The monoisotopic (exact) mass is 331 g/mol. The van der Waals surface area contributed by atoms with Gasteiger partial charge in [-0.3, -0.25) is 0 Å². The van der Waals surface area contributed by atoms with Crippen LogP contribution in [0.3, 0.4) is 0 Å². The van der Waals surface area contributed by atoms with Crippen molar-refractivity contribution in [1.82, 2.24) is 5.32 Å². The van der Waals surface area contributed by atoms with E-state index >= 15 is 0 Å². The number of nitrogens with one attached hydrogen (secondary N) is 1. The molecule has 18 heavy (non-hydrogen) atoms. The van der Waals surface area contributed by atoms with E-state index in [4.69, 9.17) is 4.74 Å². The maximum absolute atomic E-state index is 5.05. The lowest BCUT2D eigenvalue weighted by atomic mass is 10.2. The SMILES string of the molecule is COCCSc1ccc(CNCC(C)C)c(Br)c1. The number of rotatable bonds is 8. The Hall–Kier alpha value is -0.0300. The molecule has 0 saturated carbocycles. The van der Waals surface area contributed by atoms with Crippen molar-refractivity contribution < 1.29 is 4.74 Å². The normalized spacial score (nSPS) is 11.2. The predicted molar refractivity (Wildman–Crippen MR) is 83.3 cm³/mol. The number of benzene rings is 1. The second-order valence-corrected chi connectivity index (χ2v) is 6.64. The standard InChI is InChI=1S/C14H22BrNOS/c1-11(2)9-16-10-12-4-5-13(8-14(12)15)18-7-6-17-3/h4-5,8,11,16H,6-7,9-10H2,1-3H3. The summed E-state index contributed by atoms with van der Waals surface area (Å²) in [6.07, 6.45) is 0. The summed E-state index contributed by atoms with van der Waals surface area (Å²) >= 11 is 5.46. The molecule has 0 spiro atoms. The third-order valence-electron chi connectivity index (χ3n) is 2.45. The molecule has 1 aromatic carbocycles. The lowest BCUT2D eigenvalue weighted by molar-refractivity contribution is 0.218. The summed E-state index contributed by atoms with van der Waals surface area (Å²) in [5.74, 6) is 1.68. The molecule has 0 saturated heterocycles. The van der Waals surface area contributed by atoms with Gasteiger partial charge in [-0.05, 0) is 30.2 Å². The van der Waals surface area contributed by atoms with E-state index in [9.17, 15) is 0 Å². The molecular formula is C14H22BrNOS. The molecule has 102 valence electrons. The first kappa shape index (κ1) is 16.0. The Labute approximate surface area is 123 Å². The largest absolute Gasteiger partial charge is 0.384 e. The Morgan fingerprint density at radius 2 is 2.17 bits per heavy atom. The Morgan fingerprint density at radius 3 is 2.78 bits per heavy atom. The van der Waals surface area contributed by atoms with E-state index in [-0.39, 0.29) is 0 Å². The van der Waals surface area contributed by atoms with Crippen molar-refractivity contribution in [2.24, 2.45) is 5.92 Å². The Balaban J connectivity index is 2.46. The van der Waals surface area contributed by atoms with Crippen molar-refractivity contribution in [2.45, 2.75) is 25.3 Å². The van der Waals surface area contributed by atoms with E-state index in [0.29, 0.717) is 5.92 Å². The fraction of sp³-hybridized carbons (Fsp3) is 0.571. The lowest BCUT2D eigenvalue weighted by Crippen LogP contribution is -2.19. The molecule has 0 bridgehead atoms. The van der Waals surface area contributed by atoms with Crippen LogP contribution in [0.4, 0.5) is 0 Å². The highest BCUT2D eigenvalue weighted by Crippen LogP contribution is 2.25. The number of hydrogen-bond donors (Lipinski definition) is 1. The van der Waals surface area contributed by atoms with Crippen LogP contribution in [-0.2, 0) is 11.3 Å². The smallest absolute Gasteiger partial charge is 0.0556 e. The van der Waals surface area contributed by atoms with Gasteiger partial charge in [0.25, 0.3) is 0 Å². The highest BCUT2D eigenvalue weighted by atomic mass is 79.9. The zero-order valence-electron chi connectivity index (χ0n) is 11.3. The van der Waals surface area contributed by atoms with E-state index in [2.05, 4.69) is 53.3 Å². The van der Waals surface area contributed by atoms with Gasteiger partial charge in [-0.25, -0.2) is 0 Å². The second kappa shape index (κ2) is 8.97. The van der Waals surface area contributed by atoms with Crippen molar-refractivity contribution in [3.63, 3.8) is 0 Å². The summed E-state index contributed by atoms with van der Waals surface area (Å²) in [7, 11) is 1.74. The van der Waals surface area contributed by atoms with Crippen LogP contribution in [0.1, 0.15) is 19.4 Å². The van der Waals surface area contributed by atoms with Gasteiger partial charge >= 0.3 is 0 Å². The van der Waals surface area contributed by atoms with E-state index in [1.54, 1.807) is 7.11 Å². The summed E-state index contributed by atoms with van der Waals surface area (Å²) in [6, 6.07) is 6.55. The molecule has 0 aliphatic carbocycles. The average Bonchev–Trinajstić information content (AvgIpc) is 2.32. The molecule has 4 heteroatoms. The zero-order chi connectivity index (χ0) is 13.4. The predicted octanol–water partition coefficient (Wildman–Crippen LogP) is 3.93. The van der Waals surface area contributed by atoms with E-state index < -0.39 is 0 Å². The van der Waals surface area contributed by atoms with E-state index in [1.807, 2.05) is 11.8 Å². The number of hydrogen-bond acceptors (Lipinski definition) is 3. The van der Waals surface area contributed by atoms with Gasteiger partial charge in [-0.15, -0.1) is 11.8 Å². The Morgan fingerprint density at radius 1 is 1.39 bits per heavy atom. The van der Waals surface area contributed by atoms with E-state index in [0.717, 1.165) is 25.4 Å². The highest BCUT2D eigenvalue weighted by molar-refractivity contribution is 9.10. The summed E-state index contributed by atoms with van der Waals surface area (Å²) in [4.78, 5) is 1.28. The van der Waals surface area contributed by atoms with Crippen LogP contribution in [0.25, 0.3) is 0 Å². The van der Waals surface area contributed by atoms with Crippen molar-refractivity contribution in [3.8, 4) is 0 Å². The number of ether oxygens (including phenoxy) is 1. The van der Waals surface area contributed by atoms with Gasteiger partial charge in [0.2, 0.25) is 0 Å². The quantitative estimate of drug-likeness (QED) is 0.576. The molecule has 0 aliphatic rings. The van der Waals surface area contributed by atoms with Gasteiger partial charge in [0.05, 0.1) is 6.61 Å². The van der Waals surface area contributed by atoms with Crippen molar-refractivity contribution >= 4 is 27.7 Å². The minimum Gasteiger partial charge on any atom is -0.384 e.